The van der Waals surface area contributed by atoms with E-state index in [0.29, 0.717) is 6.42 Å². The molecule has 0 aliphatic carbocycles. The molecule has 0 rings (SSSR count). The quantitative estimate of drug-likeness (QED) is 0.649. The van der Waals surface area contributed by atoms with Gasteiger partial charge in [-0.2, -0.15) is 13.2 Å². The molecule has 0 aromatic rings. The topological polar surface area (TPSA) is 66.4 Å². The maximum absolute atomic E-state index is 11.9. The second-order valence-corrected chi connectivity index (χ2v) is 6.48. The Hall–Kier alpha value is -0.340. The average molecular weight is 305 g/mol. The minimum atomic E-state index is -4.32. The van der Waals surface area contributed by atoms with Gasteiger partial charge in [0.05, 0.1) is 5.75 Å². The van der Waals surface area contributed by atoms with Crippen molar-refractivity contribution in [2.45, 2.75) is 45.2 Å². The van der Waals surface area contributed by atoms with Crippen LogP contribution in [0.2, 0.25) is 0 Å². The third kappa shape index (κ3) is 11.2. The van der Waals surface area contributed by atoms with Gasteiger partial charge in [0.15, 0.2) is 0 Å². The summed E-state index contributed by atoms with van der Waals surface area (Å²) in [4.78, 5) is 0. The van der Waals surface area contributed by atoms with Crippen molar-refractivity contribution >= 4 is 10.0 Å². The summed E-state index contributed by atoms with van der Waals surface area (Å²) in [6.45, 7) is 2.09. The van der Waals surface area contributed by atoms with Gasteiger partial charge in [-0.1, -0.05) is 13.3 Å². The molecule has 0 heterocycles. The molecule has 0 saturated heterocycles. The molecule has 0 radical (unpaired) electrons. The van der Waals surface area contributed by atoms with Crippen molar-refractivity contribution in [3.05, 3.63) is 0 Å². The first-order valence-corrected chi connectivity index (χ1v) is 8.00. The van der Waals surface area contributed by atoms with Crippen molar-refractivity contribution in [1.82, 2.24) is 4.72 Å². The second-order valence-electron chi connectivity index (χ2n) is 4.55. The maximum atomic E-state index is 11.9. The van der Waals surface area contributed by atoms with Crippen LogP contribution in [-0.4, -0.2) is 38.6 Å². The van der Waals surface area contributed by atoms with E-state index in [2.05, 4.69) is 4.72 Å². The summed E-state index contributed by atoms with van der Waals surface area (Å²) in [7, 11) is -3.67. The monoisotopic (exact) mass is 305 g/mol. The SMILES string of the molecule is CCCC(CCO)CNS(=O)(=O)CCCC(F)(F)F. The van der Waals surface area contributed by atoms with Crippen molar-refractivity contribution in [3.8, 4) is 0 Å². The van der Waals surface area contributed by atoms with Gasteiger partial charge in [-0.3, -0.25) is 0 Å². The lowest BCUT2D eigenvalue weighted by atomic mass is 10.0. The lowest BCUT2D eigenvalue weighted by Gasteiger charge is -2.16. The number of nitrogens with one attached hydrogen (secondary N) is 1. The first kappa shape index (κ1) is 18.7. The van der Waals surface area contributed by atoms with Crippen LogP contribution >= 0.6 is 0 Å². The zero-order valence-electron chi connectivity index (χ0n) is 11.0. The fourth-order valence-electron chi connectivity index (χ4n) is 1.72. The minimum Gasteiger partial charge on any atom is -0.396 e. The van der Waals surface area contributed by atoms with Crippen LogP contribution in [0, 0.1) is 5.92 Å². The average Bonchev–Trinajstić information content (AvgIpc) is 2.24. The molecular formula is C11H22F3NO3S. The van der Waals surface area contributed by atoms with Crippen molar-refractivity contribution < 1.29 is 26.7 Å². The van der Waals surface area contributed by atoms with E-state index < -0.39 is 34.8 Å². The van der Waals surface area contributed by atoms with E-state index in [1.54, 1.807) is 0 Å². The Labute approximate surface area is 112 Å². The summed E-state index contributed by atoms with van der Waals surface area (Å²) in [6, 6.07) is 0. The molecule has 1 atom stereocenters. The van der Waals surface area contributed by atoms with E-state index in [1.807, 2.05) is 6.92 Å². The van der Waals surface area contributed by atoms with Crippen molar-refractivity contribution in [2.75, 3.05) is 18.9 Å². The number of alkyl halides is 3. The Morgan fingerprint density at radius 3 is 2.37 bits per heavy atom. The van der Waals surface area contributed by atoms with Crippen LogP contribution in [0.1, 0.15) is 39.0 Å². The maximum Gasteiger partial charge on any atom is 0.389 e. The van der Waals surface area contributed by atoms with Gasteiger partial charge >= 0.3 is 6.18 Å². The number of sulfonamides is 1. The molecule has 0 aliphatic heterocycles. The molecule has 0 bridgehead atoms. The Bertz CT molecular complexity index is 325. The summed E-state index contributed by atoms with van der Waals surface area (Å²) in [5.74, 6) is -0.503. The third-order valence-corrected chi connectivity index (χ3v) is 4.13. The predicted molar refractivity (Wildman–Crippen MR) is 67.2 cm³/mol. The van der Waals surface area contributed by atoms with Crippen molar-refractivity contribution in [1.29, 1.82) is 0 Å². The highest BCUT2D eigenvalue weighted by Crippen LogP contribution is 2.21. The summed E-state index contributed by atoms with van der Waals surface area (Å²) in [5, 5.41) is 8.82. The number of rotatable bonds is 10. The standard InChI is InChI=1S/C11H22F3NO3S/c1-2-4-10(5-7-16)9-15-19(17,18)8-3-6-11(12,13)14/h10,15-16H,2-9H2,1H3. The summed E-state index contributed by atoms with van der Waals surface area (Å²) in [5.41, 5.74) is 0. The van der Waals surface area contributed by atoms with Crippen LogP contribution in [0.3, 0.4) is 0 Å². The third-order valence-electron chi connectivity index (χ3n) is 2.70. The Balaban J connectivity index is 4.07. The van der Waals surface area contributed by atoms with E-state index in [9.17, 15) is 21.6 Å². The highest BCUT2D eigenvalue weighted by molar-refractivity contribution is 7.89. The Kier molecular flexibility index (Phi) is 8.60. The minimum absolute atomic E-state index is 0.0207. The number of aliphatic hydroxyl groups excluding tert-OH is 1. The molecule has 0 aromatic heterocycles. The molecule has 0 amide bonds. The fourth-order valence-corrected chi connectivity index (χ4v) is 2.88. The lowest BCUT2D eigenvalue weighted by molar-refractivity contribution is -0.134. The van der Waals surface area contributed by atoms with Gasteiger partial charge in [-0.15, -0.1) is 0 Å². The summed E-state index contributed by atoms with van der Waals surface area (Å²) >= 11 is 0. The van der Waals surface area contributed by atoms with Crippen LogP contribution in [-0.2, 0) is 10.0 Å². The van der Waals surface area contributed by atoms with Gasteiger partial charge in [0.1, 0.15) is 0 Å². The van der Waals surface area contributed by atoms with Crippen molar-refractivity contribution in [2.24, 2.45) is 5.92 Å². The largest absolute Gasteiger partial charge is 0.396 e. The zero-order chi connectivity index (χ0) is 14.9. The highest BCUT2D eigenvalue weighted by atomic mass is 32.2. The van der Waals surface area contributed by atoms with Gasteiger partial charge in [-0.25, -0.2) is 13.1 Å². The van der Waals surface area contributed by atoms with Gasteiger partial charge in [0.2, 0.25) is 10.0 Å². The summed E-state index contributed by atoms with van der Waals surface area (Å²) < 4.78 is 61.0. The number of aliphatic hydroxyl groups is 1. The molecule has 116 valence electrons. The Morgan fingerprint density at radius 1 is 1.26 bits per heavy atom. The molecule has 0 saturated carbocycles. The molecule has 0 spiro atoms. The molecule has 19 heavy (non-hydrogen) atoms. The number of hydrogen-bond acceptors (Lipinski definition) is 3. The molecule has 2 N–H and O–H groups in total. The van der Waals surface area contributed by atoms with E-state index in [-0.39, 0.29) is 19.1 Å². The summed E-state index contributed by atoms with van der Waals surface area (Å²) in [6.07, 6.45) is -3.73. The Morgan fingerprint density at radius 2 is 1.89 bits per heavy atom. The van der Waals surface area contributed by atoms with E-state index in [1.165, 1.54) is 0 Å². The van der Waals surface area contributed by atoms with Crippen molar-refractivity contribution in [3.63, 3.8) is 0 Å². The van der Waals surface area contributed by atoms with Crippen LogP contribution < -0.4 is 4.72 Å². The zero-order valence-corrected chi connectivity index (χ0v) is 11.9. The van der Waals surface area contributed by atoms with Gasteiger partial charge < -0.3 is 5.11 Å². The van der Waals surface area contributed by atoms with Crippen LogP contribution in [0.25, 0.3) is 0 Å². The van der Waals surface area contributed by atoms with E-state index in [4.69, 9.17) is 5.11 Å². The molecule has 0 fully saturated rings. The van der Waals surface area contributed by atoms with E-state index in [0.717, 1.165) is 12.8 Å². The molecule has 8 heteroatoms. The molecule has 1 unspecified atom stereocenters. The molecular weight excluding hydrogens is 283 g/mol. The normalized spacial score (nSPS) is 14.6. The smallest absolute Gasteiger partial charge is 0.389 e. The highest BCUT2D eigenvalue weighted by Gasteiger charge is 2.27. The van der Waals surface area contributed by atoms with Gasteiger partial charge in [-0.05, 0) is 25.2 Å². The lowest BCUT2D eigenvalue weighted by Crippen LogP contribution is -2.32. The van der Waals surface area contributed by atoms with Gasteiger partial charge in [0.25, 0.3) is 0 Å². The van der Waals surface area contributed by atoms with Gasteiger partial charge in [0, 0.05) is 19.6 Å². The second kappa shape index (κ2) is 8.76. The van der Waals surface area contributed by atoms with Crippen LogP contribution in [0.4, 0.5) is 13.2 Å². The predicted octanol–water partition coefficient (Wildman–Crippen LogP) is 2.05. The van der Waals surface area contributed by atoms with Crippen LogP contribution in [0.15, 0.2) is 0 Å². The molecule has 4 nitrogen and oxygen atoms in total. The first-order valence-electron chi connectivity index (χ1n) is 6.35. The fraction of sp³-hybridized carbons (Fsp3) is 1.00. The number of halogens is 3. The molecule has 0 aromatic carbocycles. The van der Waals surface area contributed by atoms with E-state index >= 15 is 0 Å². The number of hydrogen-bond donors (Lipinski definition) is 2. The van der Waals surface area contributed by atoms with Crippen LogP contribution in [0.5, 0.6) is 0 Å². The first-order chi connectivity index (χ1) is 8.70. The molecule has 0 aliphatic rings.